The normalized spacial score (nSPS) is 11.2. The number of nitrogens with zero attached hydrogens (tertiary/aromatic N) is 4. The molecule has 0 atom stereocenters. The number of nitrogens with one attached hydrogen (secondary N) is 1. The number of aromatic nitrogens is 4. The molecule has 3 rings (SSSR count). The molecule has 0 aliphatic carbocycles. The summed E-state index contributed by atoms with van der Waals surface area (Å²) in [6.07, 6.45) is 3.80. The van der Waals surface area contributed by atoms with Crippen molar-refractivity contribution in [2.24, 2.45) is 5.92 Å². The Hall–Kier alpha value is -3.02. The van der Waals surface area contributed by atoms with Gasteiger partial charge < -0.3 is 5.32 Å². The van der Waals surface area contributed by atoms with Crippen LogP contribution in [0.5, 0.6) is 0 Å². The smallest absolute Gasteiger partial charge is 0.250 e. The molecule has 2 heterocycles. The first-order valence-corrected chi connectivity index (χ1v) is 9.67. The zero-order chi connectivity index (χ0) is 20.1. The average Bonchev–Trinajstić information content (AvgIpc) is 3.11. The molecule has 0 saturated carbocycles. The van der Waals surface area contributed by atoms with Crippen molar-refractivity contribution in [3.63, 3.8) is 0 Å². The lowest BCUT2D eigenvalue weighted by Gasteiger charge is -2.10. The van der Waals surface area contributed by atoms with Crippen LogP contribution in [0, 0.1) is 5.92 Å². The number of hydrogen-bond donors (Lipinski definition) is 1. The summed E-state index contributed by atoms with van der Waals surface area (Å²) >= 11 is 0. The van der Waals surface area contributed by atoms with E-state index in [4.69, 9.17) is 0 Å². The minimum Gasteiger partial charge on any atom is -0.350 e. The van der Waals surface area contributed by atoms with Crippen molar-refractivity contribution in [1.82, 2.24) is 19.7 Å². The largest absolute Gasteiger partial charge is 0.350 e. The molecule has 1 N–H and O–H groups in total. The highest BCUT2D eigenvalue weighted by molar-refractivity contribution is 5.81. The van der Waals surface area contributed by atoms with Crippen LogP contribution in [0.4, 0.5) is 5.95 Å². The van der Waals surface area contributed by atoms with Gasteiger partial charge in [-0.3, -0.25) is 9.78 Å². The standard InChI is InChI=1S/C22H27N5O/c1-15(2)12-20(28)27-22(25-21(26-27)19-6-5-11-23-14-19)24-13-17-7-9-18(10-8-17)16(3)4/h5-11,14-16H,12-13H2,1-4H3,(H,24,25,26). The van der Waals surface area contributed by atoms with Crippen molar-refractivity contribution in [2.75, 3.05) is 5.32 Å². The predicted molar refractivity (Wildman–Crippen MR) is 111 cm³/mol. The van der Waals surface area contributed by atoms with Gasteiger partial charge in [0.1, 0.15) is 0 Å². The van der Waals surface area contributed by atoms with Gasteiger partial charge in [-0.2, -0.15) is 9.67 Å². The molecule has 28 heavy (non-hydrogen) atoms. The predicted octanol–water partition coefficient (Wildman–Crippen LogP) is 4.76. The summed E-state index contributed by atoms with van der Waals surface area (Å²) in [5.74, 6) is 1.62. The van der Waals surface area contributed by atoms with Crippen molar-refractivity contribution in [3.05, 3.63) is 59.9 Å². The Balaban J connectivity index is 1.83. The third kappa shape index (κ3) is 4.82. The lowest BCUT2D eigenvalue weighted by molar-refractivity contribution is 0.0873. The highest BCUT2D eigenvalue weighted by Gasteiger charge is 2.18. The third-order valence-electron chi connectivity index (χ3n) is 4.44. The van der Waals surface area contributed by atoms with Gasteiger partial charge in [0.05, 0.1) is 0 Å². The van der Waals surface area contributed by atoms with Crippen molar-refractivity contribution >= 4 is 11.9 Å². The molecule has 0 spiro atoms. The van der Waals surface area contributed by atoms with Crippen LogP contribution in [0.2, 0.25) is 0 Å². The number of pyridine rings is 1. The molecule has 6 nitrogen and oxygen atoms in total. The van der Waals surface area contributed by atoms with E-state index in [1.165, 1.54) is 10.2 Å². The van der Waals surface area contributed by atoms with Crippen LogP contribution in [0.1, 0.15) is 56.0 Å². The summed E-state index contributed by atoms with van der Waals surface area (Å²) in [5.41, 5.74) is 3.21. The first-order valence-electron chi connectivity index (χ1n) is 9.67. The van der Waals surface area contributed by atoms with Crippen LogP contribution in [-0.2, 0) is 6.54 Å². The molecule has 0 amide bonds. The van der Waals surface area contributed by atoms with Crippen molar-refractivity contribution in [2.45, 2.75) is 46.6 Å². The fourth-order valence-corrected chi connectivity index (χ4v) is 2.85. The Bertz CT molecular complexity index is 914. The van der Waals surface area contributed by atoms with Gasteiger partial charge in [0.25, 0.3) is 0 Å². The van der Waals surface area contributed by atoms with E-state index in [9.17, 15) is 4.79 Å². The average molecular weight is 377 g/mol. The number of carbonyl (C=O) groups excluding carboxylic acids is 1. The Kier molecular flexibility index (Phi) is 6.19. The molecular formula is C22H27N5O. The van der Waals surface area contributed by atoms with Crippen LogP contribution >= 0.6 is 0 Å². The fourth-order valence-electron chi connectivity index (χ4n) is 2.85. The highest BCUT2D eigenvalue weighted by atomic mass is 16.2. The van der Waals surface area contributed by atoms with Gasteiger partial charge in [0, 0.05) is 30.9 Å². The number of benzene rings is 1. The molecule has 0 bridgehead atoms. The van der Waals surface area contributed by atoms with E-state index in [1.807, 2.05) is 26.0 Å². The second-order valence-corrected chi connectivity index (χ2v) is 7.65. The first kappa shape index (κ1) is 19.7. The molecule has 146 valence electrons. The van der Waals surface area contributed by atoms with Gasteiger partial charge in [0.2, 0.25) is 11.9 Å². The summed E-state index contributed by atoms with van der Waals surface area (Å²) in [7, 11) is 0. The van der Waals surface area contributed by atoms with Crippen molar-refractivity contribution in [3.8, 4) is 11.4 Å². The number of anilines is 1. The van der Waals surface area contributed by atoms with Crippen molar-refractivity contribution in [1.29, 1.82) is 0 Å². The quantitative estimate of drug-likeness (QED) is 0.642. The van der Waals surface area contributed by atoms with Crippen LogP contribution in [0.15, 0.2) is 48.8 Å². The second-order valence-electron chi connectivity index (χ2n) is 7.65. The molecule has 0 aliphatic rings. The molecule has 1 aromatic carbocycles. The van der Waals surface area contributed by atoms with E-state index in [1.54, 1.807) is 12.4 Å². The summed E-state index contributed by atoms with van der Waals surface area (Å²) < 4.78 is 1.38. The monoisotopic (exact) mass is 377 g/mol. The van der Waals surface area contributed by atoms with E-state index in [-0.39, 0.29) is 11.8 Å². The Morgan fingerprint density at radius 3 is 2.46 bits per heavy atom. The molecule has 6 heteroatoms. The first-order chi connectivity index (χ1) is 13.4. The maximum absolute atomic E-state index is 12.7. The van der Waals surface area contributed by atoms with Crippen LogP contribution in [-0.4, -0.2) is 25.7 Å². The molecule has 3 aromatic rings. The molecule has 0 fully saturated rings. The number of hydrogen-bond acceptors (Lipinski definition) is 5. The summed E-state index contributed by atoms with van der Waals surface area (Å²) in [6.45, 7) is 8.95. The Labute approximate surface area is 166 Å². The molecule has 0 unspecified atom stereocenters. The minimum absolute atomic E-state index is 0.0738. The van der Waals surface area contributed by atoms with E-state index < -0.39 is 0 Å². The van der Waals surface area contributed by atoms with E-state index in [0.717, 1.165) is 11.1 Å². The zero-order valence-electron chi connectivity index (χ0n) is 16.9. The van der Waals surface area contributed by atoms with Gasteiger partial charge in [-0.15, -0.1) is 5.10 Å². The van der Waals surface area contributed by atoms with Crippen LogP contribution < -0.4 is 5.32 Å². The maximum Gasteiger partial charge on any atom is 0.250 e. The summed E-state index contributed by atoms with van der Waals surface area (Å²) in [5, 5.41) is 7.71. The van der Waals surface area contributed by atoms with E-state index >= 15 is 0 Å². The van der Waals surface area contributed by atoms with E-state index in [0.29, 0.717) is 30.7 Å². The molecule has 2 aromatic heterocycles. The Morgan fingerprint density at radius 2 is 1.86 bits per heavy atom. The molecule has 0 saturated heterocycles. The van der Waals surface area contributed by atoms with Crippen molar-refractivity contribution < 1.29 is 4.79 Å². The fraction of sp³-hybridized carbons (Fsp3) is 0.364. The van der Waals surface area contributed by atoms with E-state index in [2.05, 4.69) is 58.5 Å². The molecular weight excluding hydrogens is 350 g/mol. The number of rotatable bonds is 7. The SMILES string of the molecule is CC(C)CC(=O)n1nc(-c2cccnc2)nc1NCc1ccc(C(C)C)cc1. The van der Waals surface area contributed by atoms with Gasteiger partial charge in [-0.25, -0.2) is 0 Å². The molecule has 0 aliphatic heterocycles. The van der Waals surface area contributed by atoms with Crippen LogP contribution in [0.25, 0.3) is 11.4 Å². The summed E-state index contributed by atoms with van der Waals surface area (Å²) in [6, 6.07) is 12.2. The van der Waals surface area contributed by atoms with Gasteiger partial charge >= 0.3 is 0 Å². The van der Waals surface area contributed by atoms with Gasteiger partial charge in [0.15, 0.2) is 5.82 Å². The lowest BCUT2D eigenvalue weighted by atomic mass is 10.0. The second kappa shape index (κ2) is 8.78. The van der Waals surface area contributed by atoms with Crippen LogP contribution in [0.3, 0.4) is 0 Å². The molecule has 0 radical (unpaired) electrons. The maximum atomic E-state index is 12.7. The minimum atomic E-state index is -0.0738. The number of carbonyl (C=O) groups is 1. The third-order valence-corrected chi connectivity index (χ3v) is 4.44. The van der Waals surface area contributed by atoms with Gasteiger partial charge in [-0.05, 0) is 35.1 Å². The van der Waals surface area contributed by atoms with Gasteiger partial charge in [-0.1, -0.05) is 52.0 Å². The topological polar surface area (TPSA) is 72.7 Å². The zero-order valence-corrected chi connectivity index (χ0v) is 16.9. The summed E-state index contributed by atoms with van der Waals surface area (Å²) in [4.78, 5) is 21.3. The lowest BCUT2D eigenvalue weighted by Crippen LogP contribution is -2.18. The highest BCUT2D eigenvalue weighted by Crippen LogP contribution is 2.19. The Morgan fingerprint density at radius 1 is 1.11 bits per heavy atom.